The van der Waals surface area contributed by atoms with E-state index < -0.39 is 8.80 Å². The first-order chi connectivity index (χ1) is 9.42. The van der Waals surface area contributed by atoms with Gasteiger partial charge >= 0.3 is 14.8 Å². The van der Waals surface area contributed by atoms with Gasteiger partial charge in [0.25, 0.3) is 0 Å². The zero-order valence-corrected chi connectivity index (χ0v) is 15.1. The standard InChI is InChI=1S/C7H12O2.C6H16O3SSi.H4Si/c1-4-5-9-7(8)6(2)3;1-7-11(8-2,9-3)6-4-5-10;/h2,4-5H2,1,3H3;10H,4-6H2,1-3H3;1H4. The molecule has 0 saturated heterocycles. The Balaban J connectivity index is -0.000000300. The summed E-state index contributed by atoms with van der Waals surface area (Å²) < 4.78 is 20.3. The molecular weight excluding hydrogens is 324 g/mol. The van der Waals surface area contributed by atoms with Gasteiger partial charge in [0.05, 0.1) is 6.61 Å². The van der Waals surface area contributed by atoms with Crippen molar-refractivity contribution in [2.75, 3.05) is 33.7 Å². The van der Waals surface area contributed by atoms with Crippen LogP contribution in [-0.2, 0) is 22.8 Å². The molecule has 0 aromatic rings. The van der Waals surface area contributed by atoms with Crippen LogP contribution in [0, 0.1) is 0 Å². The van der Waals surface area contributed by atoms with Crippen molar-refractivity contribution in [2.45, 2.75) is 32.7 Å². The van der Waals surface area contributed by atoms with Crippen LogP contribution < -0.4 is 0 Å². The van der Waals surface area contributed by atoms with Crippen LogP contribution in [0.4, 0.5) is 0 Å². The van der Waals surface area contributed by atoms with E-state index in [2.05, 4.69) is 19.2 Å². The highest BCUT2D eigenvalue weighted by Gasteiger charge is 2.36. The van der Waals surface area contributed by atoms with Crippen molar-refractivity contribution in [3.8, 4) is 0 Å². The summed E-state index contributed by atoms with van der Waals surface area (Å²) in [6, 6.07) is 0.833. The van der Waals surface area contributed by atoms with Gasteiger partial charge in [-0.05, 0) is 36.5 Å². The smallest absolute Gasteiger partial charge is 0.462 e. The number of hydrogen-bond acceptors (Lipinski definition) is 6. The molecule has 21 heavy (non-hydrogen) atoms. The molecule has 0 unspecified atom stereocenters. The predicted molar refractivity (Wildman–Crippen MR) is 97.5 cm³/mol. The van der Waals surface area contributed by atoms with Gasteiger partial charge < -0.3 is 18.0 Å². The highest BCUT2D eigenvalue weighted by molar-refractivity contribution is 7.80. The molecule has 0 bridgehead atoms. The number of carbonyl (C=O) groups is 1. The molecule has 5 nitrogen and oxygen atoms in total. The van der Waals surface area contributed by atoms with Gasteiger partial charge in [0.2, 0.25) is 0 Å². The van der Waals surface area contributed by atoms with Gasteiger partial charge in [-0.1, -0.05) is 13.5 Å². The first-order valence-electron chi connectivity index (χ1n) is 6.51. The Morgan fingerprint density at radius 2 is 1.67 bits per heavy atom. The van der Waals surface area contributed by atoms with Crippen molar-refractivity contribution in [3.05, 3.63) is 12.2 Å². The van der Waals surface area contributed by atoms with Crippen molar-refractivity contribution in [1.82, 2.24) is 0 Å². The number of thiol groups is 1. The molecule has 8 heteroatoms. The molecule has 0 aliphatic rings. The average molecular weight is 357 g/mol. The van der Waals surface area contributed by atoms with Crippen LogP contribution in [0.15, 0.2) is 12.2 Å². The molecule has 0 radical (unpaired) electrons. The van der Waals surface area contributed by atoms with Crippen LogP contribution in [0.2, 0.25) is 6.04 Å². The zero-order valence-electron chi connectivity index (χ0n) is 13.2. The number of hydrogen-bond donors (Lipinski definition) is 1. The Labute approximate surface area is 140 Å². The summed E-state index contributed by atoms with van der Waals surface area (Å²) >= 11 is 4.10. The van der Waals surface area contributed by atoms with E-state index in [-0.39, 0.29) is 16.9 Å². The quantitative estimate of drug-likeness (QED) is 0.292. The Morgan fingerprint density at radius 3 is 1.95 bits per heavy atom. The van der Waals surface area contributed by atoms with Gasteiger partial charge in [0.15, 0.2) is 0 Å². The molecule has 0 aromatic carbocycles. The van der Waals surface area contributed by atoms with Crippen LogP contribution in [-0.4, -0.2) is 59.4 Å². The minimum atomic E-state index is -2.29. The van der Waals surface area contributed by atoms with Gasteiger partial charge in [-0.15, -0.1) is 0 Å². The van der Waals surface area contributed by atoms with Crippen molar-refractivity contribution in [3.63, 3.8) is 0 Å². The summed E-state index contributed by atoms with van der Waals surface area (Å²) in [7, 11) is 2.58. The Hall–Kier alpha value is -0.126. The van der Waals surface area contributed by atoms with Crippen molar-refractivity contribution >= 4 is 38.4 Å². The van der Waals surface area contributed by atoms with E-state index in [9.17, 15) is 4.79 Å². The SMILES string of the molecule is C=C(C)C(=O)OCCC.CO[Si](CCCS)(OC)OC.[SiH4]. The highest BCUT2D eigenvalue weighted by Crippen LogP contribution is 2.14. The lowest BCUT2D eigenvalue weighted by molar-refractivity contribution is -0.138. The molecule has 0 aliphatic heterocycles. The molecule has 0 fully saturated rings. The molecule has 0 heterocycles. The predicted octanol–water partition coefficient (Wildman–Crippen LogP) is 1.25. The maximum atomic E-state index is 10.6. The zero-order chi connectivity index (χ0) is 16.0. The Kier molecular flexibility index (Phi) is 20.0. The second-order valence-corrected chi connectivity index (χ2v) is 7.58. The highest BCUT2D eigenvalue weighted by atomic mass is 32.1. The van der Waals surface area contributed by atoms with E-state index in [0.29, 0.717) is 12.2 Å². The fraction of sp³-hybridized carbons (Fsp3) is 0.769. The van der Waals surface area contributed by atoms with Crippen LogP contribution in [0.3, 0.4) is 0 Å². The normalized spacial score (nSPS) is 10.0. The summed E-state index contributed by atoms with van der Waals surface area (Å²) in [5.41, 5.74) is 0.462. The lowest BCUT2D eigenvalue weighted by Crippen LogP contribution is -2.42. The maximum Gasteiger partial charge on any atom is 0.500 e. The third-order valence-corrected chi connectivity index (χ3v) is 5.51. The molecule has 0 aliphatic carbocycles. The van der Waals surface area contributed by atoms with Crippen LogP contribution in [0.1, 0.15) is 26.7 Å². The summed E-state index contributed by atoms with van der Waals surface area (Å²) in [5, 5.41) is 0. The summed E-state index contributed by atoms with van der Waals surface area (Å²) in [4.78, 5) is 10.6. The van der Waals surface area contributed by atoms with Crippen molar-refractivity contribution in [1.29, 1.82) is 0 Å². The minimum Gasteiger partial charge on any atom is -0.462 e. The Morgan fingerprint density at radius 1 is 1.19 bits per heavy atom. The average Bonchev–Trinajstić information content (AvgIpc) is 2.47. The molecule has 0 saturated carbocycles. The summed E-state index contributed by atoms with van der Waals surface area (Å²) in [5.74, 6) is 0.544. The second kappa shape index (κ2) is 16.2. The lowest BCUT2D eigenvalue weighted by atomic mass is 10.4. The van der Waals surface area contributed by atoms with E-state index in [1.165, 1.54) is 0 Å². The fourth-order valence-electron chi connectivity index (χ4n) is 1.17. The van der Waals surface area contributed by atoms with E-state index >= 15 is 0 Å². The first-order valence-corrected chi connectivity index (χ1v) is 9.08. The van der Waals surface area contributed by atoms with E-state index in [0.717, 1.165) is 24.6 Å². The third-order valence-electron chi connectivity index (χ3n) is 2.36. The number of ether oxygens (including phenoxy) is 1. The van der Waals surface area contributed by atoms with Gasteiger partial charge in [0.1, 0.15) is 0 Å². The van der Waals surface area contributed by atoms with Gasteiger partial charge in [-0.3, -0.25) is 0 Å². The molecule has 0 rings (SSSR count). The van der Waals surface area contributed by atoms with Gasteiger partial charge in [-0.25, -0.2) is 4.79 Å². The van der Waals surface area contributed by atoms with Crippen molar-refractivity contribution in [2.24, 2.45) is 0 Å². The fourth-order valence-corrected chi connectivity index (χ4v) is 3.35. The maximum absolute atomic E-state index is 10.6. The topological polar surface area (TPSA) is 54.0 Å². The van der Waals surface area contributed by atoms with Gasteiger partial charge in [0, 0.05) is 32.9 Å². The van der Waals surface area contributed by atoms with Crippen LogP contribution in [0.25, 0.3) is 0 Å². The molecule has 128 valence electrons. The van der Waals surface area contributed by atoms with Crippen LogP contribution >= 0.6 is 12.6 Å². The van der Waals surface area contributed by atoms with Crippen molar-refractivity contribution < 1.29 is 22.8 Å². The number of carbonyl (C=O) groups excluding carboxylic acids is 1. The summed E-state index contributed by atoms with van der Waals surface area (Å²) in [6.07, 6.45) is 1.82. The molecular formula is C13H32O5SSi2. The van der Waals surface area contributed by atoms with E-state index in [1.807, 2.05) is 6.92 Å². The second-order valence-electron chi connectivity index (χ2n) is 4.04. The molecule has 0 N–H and O–H groups in total. The van der Waals surface area contributed by atoms with Crippen LogP contribution in [0.5, 0.6) is 0 Å². The molecule has 0 aromatic heterocycles. The van der Waals surface area contributed by atoms with E-state index in [4.69, 9.17) is 18.0 Å². The molecule has 0 atom stereocenters. The largest absolute Gasteiger partial charge is 0.500 e. The minimum absolute atomic E-state index is 0. The molecule has 0 spiro atoms. The third kappa shape index (κ3) is 13.3. The van der Waals surface area contributed by atoms with E-state index in [1.54, 1.807) is 28.3 Å². The molecule has 0 amide bonds. The number of esters is 1. The van der Waals surface area contributed by atoms with Gasteiger partial charge in [-0.2, -0.15) is 12.6 Å². The first kappa shape index (κ1) is 25.8. The summed E-state index contributed by atoms with van der Waals surface area (Å²) in [6.45, 7) is 7.51. The lowest BCUT2D eigenvalue weighted by Gasteiger charge is -2.23. The Bertz CT molecular complexity index is 265. The number of rotatable bonds is 9. The monoisotopic (exact) mass is 356 g/mol.